The smallest absolute Gasteiger partial charge is 0.222 e. The van der Waals surface area contributed by atoms with Crippen LogP contribution in [0.1, 0.15) is 50.3 Å². The van der Waals surface area contributed by atoms with Crippen LogP contribution in [-0.2, 0) is 17.9 Å². The van der Waals surface area contributed by atoms with E-state index in [-0.39, 0.29) is 5.91 Å². The van der Waals surface area contributed by atoms with Crippen LogP contribution < -0.4 is 0 Å². The van der Waals surface area contributed by atoms with Gasteiger partial charge >= 0.3 is 0 Å². The molecule has 1 saturated heterocycles. The van der Waals surface area contributed by atoms with Gasteiger partial charge in [0.25, 0.3) is 0 Å². The predicted molar refractivity (Wildman–Crippen MR) is 88.6 cm³/mol. The predicted octanol–water partition coefficient (Wildman–Crippen LogP) is 2.43. The fourth-order valence-electron chi connectivity index (χ4n) is 3.29. The molecule has 0 aliphatic carbocycles. The van der Waals surface area contributed by atoms with E-state index in [1.54, 1.807) is 0 Å². The standard InChI is InChI=1S/C17H30N4O/c1-5-21-14(2)15(12-18-21)13-20(4)17(22)10-9-16-8-6-7-11-19(16)3/h12,16H,5-11,13H2,1-4H3. The molecule has 0 radical (unpaired) electrons. The van der Waals surface area contributed by atoms with Gasteiger partial charge in [-0.2, -0.15) is 5.10 Å². The molecule has 1 amide bonds. The van der Waals surface area contributed by atoms with E-state index in [9.17, 15) is 4.79 Å². The van der Waals surface area contributed by atoms with Gasteiger partial charge in [0, 0.05) is 43.9 Å². The summed E-state index contributed by atoms with van der Waals surface area (Å²) in [5.41, 5.74) is 2.31. The minimum atomic E-state index is 0.239. The summed E-state index contributed by atoms with van der Waals surface area (Å²) < 4.78 is 1.98. The van der Waals surface area contributed by atoms with Crippen molar-refractivity contribution < 1.29 is 4.79 Å². The number of carbonyl (C=O) groups excluding carboxylic acids is 1. The summed E-state index contributed by atoms with van der Waals surface area (Å²) in [6.45, 7) is 6.85. The summed E-state index contributed by atoms with van der Waals surface area (Å²) in [5, 5.41) is 4.35. The van der Waals surface area contributed by atoms with Crippen molar-refractivity contribution in [2.24, 2.45) is 0 Å². The van der Waals surface area contributed by atoms with Gasteiger partial charge in [0.15, 0.2) is 0 Å². The number of piperidine rings is 1. The molecular weight excluding hydrogens is 276 g/mol. The SMILES string of the molecule is CCn1ncc(CN(C)C(=O)CCC2CCCCN2C)c1C. The van der Waals surface area contributed by atoms with Crippen molar-refractivity contribution in [2.45, 2.75) is 65.1 Å². The molecule has 0 bridgehead atoms. The number of likely N-dealkylation sites (tertiary alicyclic amines) is 1. The topological polar surface area (TPSA) is 41.4 Å². The van der Waals surface area contributed by atoms with Gasteiger partial charge in [0.1, 0.15) is 0 Å². The highest BCUT2D eigenvalue weighted by molar-refractivity contribution is 5.75. The van der Waals surface area contributed by atoms with Crippen LogP contribution in [0.2, 0.25) is 0 Å². The zero-order valence-corrected chi connectivity index (χ0v) is 14.5. The van der Waals surface area contributed by atoms with E-state index in [2.05, 4.69) is 30.9 Å². The van der Waals surface area contributed by atoms with Crippen molar-refractivity contribution >= 4 is 5.91 Å². The molecule has 2 heterocycles. The van der Waals surface area contributed by atoms with Gasteiger partial charge in [-0.1, -0.05) is 6.42 Å². The minimum absolute atomic E-state index is 0.239. The first-order valence-corrected chi connectivity index (χ1v) is 8.48. The summed E-state index contributed by atoms with van der Waals surface area (Å²) in [6, 6.07) is 0.579. The van der Waals surface area contributed by atoms with Crippen LogP contribution in [0.4, 0.5) is 0 Å². The van der Waals surface area contributed by atoms with Crippen molar-refractivity contribution in [3.8, 4) is 0 Å². The fourth-order valence-corrected chi connectivity index (χ4v) is 3.29. The number of hydrogen-bond acceptors (Lipinski definition) is 3. The number of aryl methyl sites for hydroxylation is 1. The second-order valence-electron chi connectivity index (χ2n) is 6.49. The zero-order valence-electron chi connectivity index (χ0n) is 14.5. The van der Waals surface area contributed by atoms with Crippen LogP contribution in [0.15, 0.2) is 6.20 Å². The Bertz CT molecular complexity index is 497. The molecule has 0 spiro atoms. The van der Waals surface area contributed by atoms with Crippen LogP contribution >= 0.6 is 0 Å². The Morgan fingerprint density at radius 2 is 2.23 bits per heavy atom. The summed E-state index contributed by atoms with van der Waals surface area (Å²) in [6.07, 6.45) is 7.34. The van der Waals surface area contributed by atoms with Gasteiger partial charge in [-0.25, -0.2) is 0 Å². The first kappa shape index (κ1) is 17.0. The molecule has 1 aliphatic rings. The Balaban J connectivity index is 1.82. The fraction of sp³-hybridized carbons (Fsp3) is 0.765. The van der Waals surface area contributed by atoms with E-state index in [0.717, 1.165) is 24.2 Å². The quantitative estimate of drug-likeness (QED) is 0.810. The molecule has 124 valence electrons. The average molecular weight is 306 g/mol. The third-order valence-corrected chi connectivity index (χ3v) is 4.95. The molecule has 1 atom stereocenters. The minimum Gasteiger partial charge on any atom is -0.341 e. The third-order valence-electron chi connectivity index (χ3n) is 4.95. The first-order chi connectivity index (χ1) is 10.5. The Hall–Kier alpha value is -1.36. The molecule has 5 nitrogen and oxygen atoms in total. The van der Waals surface area contributed by atoms with E-state index in [1.807, 2.05) is 22.8 Å². The van der Waals surface area contributed by atoms with Gasteiger partial charge in [0.05, 0.1) is 6.20 Å². The van der Waals surface area contributed by atoms with E-state index in [4.69, 9.17) is 0 Å². The number of carbonyl (C=O) groups is 1. The number of nitrogens with zero attached hydrogens (tertiary/aromatic N) is 4. The largest absolute Gasteiger partial charge is 0.341 e. The van der Waals surface area contributed by atoms with Gasteiger partial charge in [-0.15, -0.1) is 0 Å². The monoisotopic (exact) mass is 306 g/mol. The molecule has 0 aromatic carbocycles. The van der Waals surface area contributed by atoms with Crippen LogP contribution in [0.5, 0.6) is 0 Å². The van der Waals surface area contributed by atoms with Gasteiger partial charge in [0.2, 0.25) is 5.91 Å². The highest BCUT2D eigenvalue weighted by Gasteiger charge is 2.21. The van der Waals surface area contributed by atoms with Crippen molar-refractivity contribution in [3.63, 3.8) is 0 Å². The lowest BCUT2D eigenvalue weighted by Gasteiger charge is -2.32. The Morgan fingerprint density at radius 3 is 2.86 bits per heavy atom. The van der Waals surface area contributed by atoms with E-state index < -0.39 is 0 Å². The molecule has 5 heteroatoms. The molecule has 2 rings (SSSR count). The summed E-state index contributed by atoms with van der Waals surface area (Å²) in [4.78, 5) is 16.6. The first-order valence-electron chi connectivity index (χ1n) is 8.48. The van der Waals surface area contributed by atoms with Crippen molar-refractivity contribution in [1.82, 2.24) is 19.6 Å². The van der Waals surface area contributed by atoms with Gasteiger partial charge in [-0.05, 0) is 46.7 Å². The summed E-state index contributed by atoms with van der Waals surface area (Å²) >= 11 is 0. The van der Waals surface area contributed by atoms with Crippen LogP contribution in [0.25, 0.3) is 0 Å². The van der Waals surface area contributed by atoms with Gasteiger partial charge < -0.3 is 9.80 Å². The average Bonchev–Trinajstić information content (AvgIpc) is 2.86. The summed E-state index contributed by atoms with van der Waals surface area (Å²) in [7, 11) is 4.08. The van der Waals surface area contributed by atoms with Crippen molar-refractivity contribution in [3.05, 3.63) is 17.5 Å². The second kappa shape index (κ2) is 7.77. The van der Waals surface area contributed by atoms with E-state index in [0.29, 0.717) is 19.0 Å². The Kier molecular flexibility index (Phi) is 6.00. The second-order valence-corrected chi connectivity index (χ2v) is 6.49. The number of amides is 1. The number of aromatic nitrogens is 2. The highest BCUT2D eigenvalue weighted by atomic mass is 16.2. The van der Waals surface area contributed by atoms with Crippen molar-refractivity contribution in [1.29, 1.82) is 0 Å². The maximum absolute atomic E-state index is 12.4. The molecule has 0 N–H and O–H groups in total. The Labute approximate surface area is 134 Å². The molecular formula is C17H30N4O. The van der Waals surface area contributed by atoms with Crippen molar-refractivity contribution in [2.75, 3.05) is 20.6 Å². The summed E-state index contributed by atoms with van der Waals surface area (Å²) in [5.74, 6) is 0.239. The lowest BCUT2D eigenvalue weighted by molar-refractivity contribution is -0.130. The van der Waals surface area contributed by atoms with E-state index in [1.165, 1.54) is 25.8 Å². The van der Waals surface area contributed by atoms with Crippen LogP contribution in [-0.4, -0.2) is 52.2 Å². The Morgan fingerprint density at radius 1 is 1.45 bits per heavy atom. The number of rotatable bonds is 6. The van der Waals surface area contributed by atoms with Crippen LogP contribution in [0, 0.1) is 6.92 Å². The molecule has 1 unspecified atom stereocenters. The van der Waals surface area contributed by atoms with Gasteiger partial charge in [-0.3, -0.25) is 9.48 Å². The normalized spacial score (nSPS) is 19.4. The lowest BCUT2D eigenvalue weighted by Crippen LogP contribution is -2.37. The van der Waals surface area contributed by atoms with Crippen LogP contribution in [0.3, 0.4) is 0 Å². The molecule has 22 heavy (non-hydrogen) atoms. The molecule has 1 aromatic rings. The molecule has 1 fully saturated rings. The third kappa shape index (κ3) is 4.09. The maximum Gasteiger partial charge on any atom is 0.222 e. The number of hydrogen-bond donors (Lipinski definition) is 0. The van der Waals surface area contributed by atoms with E-state index >= 15 is 0 Å². The molecule has 1 aromatic heterocycles. The molecule has 1 aliphatic heterocycles. The highest BCUT2D eigenvalue weighted by Crippen LogP contribution is 2.19. The lowest BCUT2D eigenvalue weighted by atomic mass is 9.98. The maximum atomic E-state index is 12.4. The molecule has 0 saturated carbocycles. The zero-order chi connectivity index (χ0) is 16.1.